The molecule has 0 atom stereocenters. The van der Waals surface area contributed by atoms with Crippen molar-refractivity contribution < 1.29 is 4.39 Å². The molecule has 1 nitrogen and oxygen atoms in total. The Hall–Kier alpha value is -0.660. The molecular weight excluding hydrogens is 105 g/mol. The number of alkyl halides is 1. The zero-order valence-electron chi connectivity index (χ0n) is 5.19. The first kappa shape index (κ1) is 7.34. The average Bonchev–Trinajstić information content (AvgIpc) is 1.59. The Bertz CT molecular complexity index is 99.6. The summed E-state index contributed by atoms with van der Waals surface area (Å²) in [6.45, 7) is 6.16. The highest BCUT2D eigenvalue weighted by Crippen LogP contribution is 2.02. The van der Waals surface area contributed by atoms with Crippen molar-refractivity contribution in [3.8, 4) is 0 Å². The summed E-state index contributed by atoms with van der Waals surface area (Å²) in [7, 11) is 0. The van der Waals surface area contributed by atoms with Crippen LogP contribution < -0.4 is 0 Å². The first-order chi connectivity index (χ1) is 3.56. The van der Waals surface area contributed by atoms with Gasteiger partial charge in [0.15, 0.2) is 0 Å². The van der Waals surface area contributed by atoms with E-state index in [4.69, 9.17) is 0 Å². The molecule has 0 aliphatic rings. The van der Waals surface area contributed by atoms with Gasteiger partial charge in [-0.3, -0.25) is 4.99 Å². The molecule has 0 bridgehead atoms. The van der Waals surface area contributed by atoms with Crippen LogP contribution in [-0.4, -0.2) is 11.9 Å². The minimum absolute atomic E-state index is 1.21. The minimum atomic E-state index is -1.31. The molecule has 0 fully saturated rings. The van der Waals surface area contributed by atoms with E-state index in [1.54, 1.807) is 0 Å². The Labute approximate surface area is 48.9 Å². The third-order valence-electron chi connectivity index (χ3n) is 0.487. The smallest absolute Gasteiger partial charge is 0.140 e. The van der Waals surface area contributed by atoms with Gasteiger partial charge in [0, 0.05) is 12.4 Å². The Morgan fingerprint density at radius 1 is 1.62 bits per heavy atom. The molecular formula is C6H10FN. The van der Waals surface area contributed by atoms with E-state index in [0.717, 1.165) is 0 Å². The summed E-state index contributed by atoms with van der Waals surface area (Å²) in [6, 6.07) is 0. The van der Waals surface area contributed by atoms with E-state index in [1.807, 2.05) is 0 Å². The summed E-state index contributed by atoms with van der Waals surface area (Å²) < 4.78 is 12.4. The van der Waals surface area contributed by atoms with Gasteiger partial charge in [0.1, 0.15) is 5.67 Å². The van der Waals surface area contributed by atoms with E-state index in [2.05, 4.69) is 11.6 Å². The molecule has 0 spiro atoms. The average molecular weight is 115 g/mol. The lowest BCUT2D eigenvalue weighted by atomic mass is 10.2. The maximum absolute atomic E-state index is 12.4. The van der Waals surface area contributed by atoms with Crippen LogP contribution in [0.25, 0.3) is 0 Å². The van der Waals surface area contributed by atoms with Crippen LogP contribution in [0.1, 0.15) is 13.8 Å². The van der Waals surface area contributed by atoms with Gasteiger partial charge in [0.25, 0.3) is 0 Å². The van der Waals surface area contributed by atoms with Gasteiger partial charge < -0.3 is 0 Å². The van der Waals surface area contributed by atoms with Gasteiger partial charge in [-0.1, -0.05) is 6.58 Å². The molecule has 0 saturated heterocycles. The molecule has 2 heteroatoms. The second-order valence-corrected chi connectivity index (χ2v) is 2.03. The standard InChI is InChI=1S/C6H10FN/c1-4-8-5-6(2,3)7/h4-5H,1H2,2-3H3. The van der Waals surface area contributed by atoms with Gasteiger partial charge in [0.2, 0.25) is 0 Å². The van der Waals surface area contributed by atoms with Crippen LogP contribution in [0.3, 0.4) is 0 Å². The lowest BCUT2D eigenvalue weighted by Gasteiger charge is -2.02. The molecule has 0 unspecified atom stereocenters. The molecule has 0 N–H and O–H groups in total. The van der Waals surface area contributed by atoms with E-state index in [-0.39, 0.29) is 0 Å². The van der Waals surface area contributed by atoms with Crippen LogP contribution in [0.2, 0.25) is 0 Å². The van der Waals surface area contributed by atoms with E-state index in [0.29, 0.717) is 0 Å². The second kappa shape index (κ2) is 2.60. The molecule has 0 heterocycles. The van der Waals surface area contributed by atoms with Crippen molar-refractivity contribution in [2.24, 2.45) is 4.99 Å². The summed E-state index contributed by atoms with van der Waals surface area (Å²) in [6.07, 6.45) is 2.52. The number of rotatable bonds is 2. The third kappa shape index (κ3) is 5.34. The summed E-state index contributed by atoms with van der Waals surface area (Å²) in [5.41, 5.74) is -1.31. The summed E-state index contributed by atoms with van der Waals surface area (Å²) in [5.74, 6) is 0. The monoisotopic (exact) mass is 115 g/mol. The summed E-state index contributed by atoms with van der Waals surface area (Å²) in [5, 5.41) is 0. The van der Waals surface area contributed by atoms with Gasteiger partial charge in [-0.15, -0.1) is 0 Å². The van der Waals surface area contributed by atoms with Gasteiger partial charge in [-0.25, -0.2) is 4.39 Å². The Morgan fingerprint density at radius 2 is 2.12 bits per heavy atom. The van der Waals surface area contributed by atoms with Crippen LogP contribution in [0.15, 0.2) is 17.8 Å². The van der Waals surface area contributed by atoms with Crippen LogP contribution in [0, 0.1) is 0 Å². The van der Waals surface area contributed by atoms with Crippen molar-refractivity contribution in [2.75, 3.05) is 0 Å². The lowest BCUT2D eigenvalue weighted by molar-refractivity contribution is 0.321. The normalized spacial score (nSPS) is 12.4. The number of nitrogens with zero attached hydrogens (tertiary/aromatic N) is 1. The van der Waals surface area contributed by atoms with Crippen LogP contribution >= 0.6 is 0 Å². The molecule has 8 heavy (non-hydrogen) atoms. The van der Waals surface area contributed by atoms with Crippen molar-refractivity contribution >= 4 is 6.21 Å². The zero-order chi connectivity index (χ0) is 6.62. The number of hydrogen-bond donors (Lipinski definition) is 0. The molecule has 0 aliphatic carbocycles. The predicted octanol–water partition coefficient (Wildman–Crippen LogP) is 1.95. The molecule has 0 aromatic carbocycles. The van der Waals surface area contributed by atoms with Crippen LogP contribution in [0.5, 0.6) is 0 Å². The lowest BCUT2D eigenvalue weighted by Crippen LogP contribution is -2.12. The first-order valence-electron chi connectivity index (χ1n) is 2.40. The van der Waals surface area contributed by atoms with Crippen molar-refractivity contribution in [1.29, 1.82) is 0 Å². The highest BCUT2D eigenvalue weighted by molar-refractivity contribution is 5.67. The van der Waals surface area contributed by atoms with Crippen molar-refractivity contribution in [3.63, 3.8) is 0 Å². The maximum Gasteiger partial charge on any atom is 0.140 e. The largest absolute Gasteiger partial charge is 0.266 e. The molecule has 0 rings (SSSR count). The second-order valence-electron chi connectivity index (χ2n) is 2.03. The van der Waals surface area contributed by atoms with Crippen LogP contribution in [-0.2, 0) is 0 Å². The fourth-order valence-electron chi connectivity index (χ4n) is 0.230. The summed E-state index contributed by atoms with van der Waals surface area (Å²) in [4.78, 5) is 3.51. The summed E-state index contributed by atoms with van der Waals surface area (Å²) >= 11 is 0. The minimum Gasteiger partial charge on any atom is -0.266 e. The van der Waals surface area contributed by atoms with E-state index in [1.165, 1.54) is 26.3 Å². The topological polar surface area (TPSA) is 12.4 Å². The van der Waals surface area contributed by atoms with Crippen molar-refractivity contribution in [1.82, 2.24) is 0 Å². The van der Waals surface area contributed by atoms with E-state index >= 15 is 0 Å². The van der Waals surface area contributed by atoms with Gasteiger partial charge in [-0.05, 0) is 13.8 Å². The third-order valence-corrected chi connectivity index (χ3v) is 0.487. The molecule has 46 valence electrons. The number of halogens is 1. The van der Waals surface area contributed by atoms with E-state index in [9.17, 15) is 4.39 Å². The number of hydrogen-bond acceptors (Lipinski definition) is 1. The highest BCUT2D eigenvalue weighted by atomic mass is 19.1. The molecule has 0 aliphatic heterocycles. The molecule has 0 radical (unpaired) electrons. The number of aliphatic imine (C=N–C) groups is 1. The zero-order valence-corrected chi connectivity index (χ0v) is 5.19. The van der Waals surface area contributed by atoms with Crippen molar-refractivity contribution in [2.45, 2.75) is 19.5 Å². The Morgan fingerprint density at radius 3 is 2.25 bits per heavy atom. The van der Waals surface area contributed by atoms with Crippen LogP contribution in [0.4, 0.5) is 4.39 Å². The van der Waals surface area contributed by atoms with Crippen molar-refractivity contribution in [3.05, 3.63) is 12.8 Å². The predicted molar refractivity (Wildman–Crippen MR) is 33.9 cm³/mol. The SMILES string of the molecule is C=CN=CC(C)(C)F. The first-order valence-corrected chi connectivity index (χ1v) is 2.40. The van der Waals surface area contributed by atoms with Gasteiger partial charge in [0.05, 0.1) is 0 Å². The highest BCUT2D eigenvalue weighted by Gasteiger charge is 2.09. The fourth-order valence-corrected chi connectivity index (χ4v) is 0.230. The molecule has 0 aromatic heterocycles. The fraction of sp³-hybridized carbons (Fsp3) is 0.500. The maximum atomic E-state index is 12.4. The molecule has 0 aromatic rings. The Kier molecular flexibility index (Phi) is 2.38. The van der Waals surface area contributed by atoms with Gasteiger partial charge in [-0.2, -0.15) is 0 Å². The molecule has 0 saturated carbocycles. The quantitative estimate of drug-likeness (QED) is 0.488. The molecule has 0 amide bonds. The van der Waals surface area contributed by atoms with Gasteiger partial charge >= 0.3 is 0 Å². The Balaban J connectivity index is 3.69. The van der Waals surface area contributed by atoms with E-state index < -0.39 is 5.67 Å².